The number of carbonyl (C=O) groups excluding carboxylic acids is 1. The topological polar surface area (TPSA) is 89.3 Å². The fourth-order valence-electron chi connectivity index (χ4n) is 1.71. The van der Waals surface area contributed by atoms with E-state index in [1.54, 1.807) is 18.2 Å². The van der Waals surface area contributed by atoms with Crippen LogP contribution in [0.4, 0.5) is 5.69 Å². The third-order valence-corrected chi connectivity index (χ3v) is 4.68. The van der Waals surface area contributed by atoms with Gasteiger partial charge in [-0.1, -0.05) is 13.8 Å². The Bertz CT molecular complexity index is 777. The van der Waals surface area contributed by atoms with E-state index in [1.807, 2.05) is 13.8 Å². The smallest absolute Gasteiger partial charge is 0.242 e. The summed E-state index contributed by atoms with van der Waals surface area (Å²) in [6, 6.07) is 5.02. The Balaban J connectivity index is 2.25. The van der Waals surface area contributed by atoms with Gasteiger partial charge in [0, 0.05) is 17.9 Å². The van der Waals surface area contributed by atoms with Crippen molar-refractivity contribution >= 4 is 32.5 Å². The second-order valence-corrected chi connectivity index (χ2v) is 7.72. The highest BCUT2D eigenvalue weighted by atomic mass is 32.2. The van der Waals surface area contributed by atoms with E-state index in [0.29, 0.717) is 22.7 Å². The molecule has 1 unspecified atom stereocenters. The van der Waals surface area contributed by atoms with Crippen LogP contribution in [0.3, 0.4) is 0 Å². The van der Waals surface area contributed by atoms with Gasteiger partial charge in [-0.3, -0.25) is 4.79 Å². The summed E-state index contributed by atoms with van der Waals surface area (Å²) in [6.45, 7) is 5.30. The van der Waals surface area contributed by atoms with E-state index < -0.39 is 21.0 Å². The molecule has 0 saturated heterocycles. The predicted molar refractivity (Wildman–Crippen MR) is 81.0 cm³/mol. The maximum atomic E-state index is 11.9. The second-order valence-electron chi connectivity index (χ2n) is 5.35. The molecular formula is C14H18N2O4S. The fourth-order valence-corrected chi connectivity index (χ4v) is 2.16. The van der Waals surface area contributed by atoms with Crippen LogP contribution < -0.4 is 5.32 Å². The molecule has 114 valence electrons. The van der Waals surface area contributed by atoms with Gasteiger partial charge < -0.3 is 9.73 Å². The molecule has 0 bridgehead atoms. The summed E-state index contributed by atoms with van der Waals surface area (Å²) in [4.78, 5) is 16.2. The molecule has 1 atom stereocenters. The number of hydrogen-bond donors (Lipinski definition) is 1. The third-order valence-electron chi connectivity index (χ3n) is 3.18. The van der Waals surface area contributed by atoms with Crippen LogP contribution in [0, 0.1) is 0 Å². The van der Waals surface area contributed by atoms with Gasteiger partial charge in [0.05, 0.1) is 0 Å². The Morgan fingerprint density at radius 3 is 2.52 bits per heavy atom. The number of nitrogens with zero attached hydrogens (tertiary/aromatic N) is 1. The lowest BCUT2D eigenvalue weighted by molar-refractivity contribution is -0.115. The van der Waals surface area contributed by atoms with E-state index in [2.05, 4.69) is 10.3 Å². The minimum atomic E-state index is -3.42. The Morgan fingerprint density at radius 2 is 1.95 bits per heavy atom. The quantitative estimate of drug-likeness (QED) is 0.936. The van der Waals surface area contributed by atoms with Gasteiger partial charge in [0.25, 0.3) is 0 Å². The van der Waals surface area contributed by atoms with Crippen molar-refractivity contribution in [3.05, 3.63) is 24.1 Å². The third kappa shape index (κ3) is 3.41. The summed E-state index contributed by atoms with van der Waals surface area (Å²) >= 11 is 0. The maximum Gasteiger partial charge on any atom is 0.242 e. The standard InChI is InChI=1S/C14H18N2O4S/c1-8(2)14-16-11-7-10(5-6-12(11)20-14)15-13(17)9(3)21(4,18)19/h5-9H,1-4H3,(H,15,17). The molecule has 1 aromatic heterocycles. The van der Waals surface area contributed by atoms with E-state index in [1.165, 1.54) is 6.92 Å². The molecule has 1 N–H and O–H groups in total. The van der Waals surface area contributed by atoms with Gasteiger partial charge in [-0.05, 0) is 25.1 Å². The maximum absolute atomic E-state index is 11.9. The molecule has 2 rings (SSSR count). The van der Waals surface area contributed by atoms with Crippen molar-refractivity contribution in [2.45, 2.75) is 31.9 Å². The number of sulfone groups is 1. The highest BCUT2D eigenvalue weighted by molar-refractivity contribution is 7.92. The molecule has 0 radical (unpaired) electrons. The van der Waals surface area contributed by atoms with Crippen molar-refractivity contribution in [3.63, 3.8) is 0 Å². The first-order chi connectivity index (χ1) is 9.68. The highest BCUT2D eigenvalue weighted by Crippen LogP contribution is 2.23. The predicted octanol–water partition coefficient (Wildman–Crippen LogP) is 2.32. The van der Waals surface area contributed by atoms with Crippen LogP contribution in [0.5, 0.6) is 0 Å². The van der Waals surface area contributed by atoms with Gasteiger partial charge in [-0.2, -0.15) is 0 Å². The minimum absolute atomic E-state index is 0.167. The number of fused-ring (bicyclic) bond motifs is 1. The van der Waals surface area contributed by atoms with Crippen LogP contribution in [0.25, 0.3) is 11.1 Å². The Labute approximate surface area is 123 Å². The van der Waals surface area contributed by atoms with E-state index in [-0.39, 0.29) is 5.92 Å². The van der Waals surface area contributed by atoms with Crippen molar-refractivity contribution in [3.8, 4) is 0 Å². The summed E-state index contributed by atoms with van der Waals surface area (Å²) in [5, 5.41) is 1.48. The number of rotatable bonds is 4. The number of oxazole rings is 1. The van der Waals surface area contributed by atoms with Gasteiger partial charge in [0.15, 0.2) is 21.3 Å². The number of amides is 1. The monoisotopic (exact) mass is 310 g/mol. The second kappa shape index (κ2) is 5.48. The summed E-state index contributed by atoms with van der Waals surface area (Å²) in [7, 11) is -3.42. The molecule has 1 amide bonds. The van der Waals surface area contributed by atoms with Crippen LogP contribution in [0.2, 0.25) is 0 Å². The summed E-state index contributed by atoms with van der Waals surface area (Å²) in [5.74, 6) is 0.225. The highest BCUT2D eigenvalue weighted by Gasteiger charge is 2.23. The van der Waals surface area contributed by atoms with Crippen molar-refractivity contribution in [2.75, 3.05) is 11.6 Å². The van der Waals surface area contributed by atoms with Crippen molar-refractivity contribution in [1.82, 2.24) is 4.98 Å². The normalized spacial score (nSPS) is 13.6. The summed E-state index contributed by atoms with van der Waals surface area (Å²) in [5.41, 5.74) is 1.75. The van der Waals surface area contributed by atoms with E-state index in [4.69, 9.17) is 4.42 Å². The molecule has 0 fully saturated rings. The van der Waals surface area contributed by atoms with Crippen LogP contribution in [0.15, 0.2) is 22.6 Å². The molecule has 7 heteroatoms. The lowest BCUT2D eigenvalue weighted by Crippen LogP contribution is -2.31. The Kier molecular flexibility index (Phi) is 4.04. The van der Waals surface area contributed by atoms with Crippen LogP contribution in [-0.2, 0) is 14.6 Å². The number of hydrogen-bond acceptors (Lipinski definition) is 5. The van der Waals surface area contributed by atoms with Gasteiger partial charge in [-0.15, -0.1) is 0 Å². The van der Waals surface area contributed by atoms with Gasteiger partial charge in [-0.25, -0.2) is 13.4 Å². The van der Waals surface area contributed by atoms with E-state index >= 15 is 0 Å². The summed E-state index contributed by atoms with van der Waals surface area (Å²) < 4.78 is 28.3. The van der Waals surface area contributed by atoms with Gasteiger partial charge >= 0.3 is 0 Å². The zero-order valence-corrected chi connectivity index (χ0v) is 13.2. The Morgan fingerprint density at radius 1 is 1.29 bits per heavy atom. The lowest BCUT2D eigenvalue weighted by Gasteiger charge is -2.10. The van der Waals surface area contributed by atoms with Crippen molar-refractivity contribution in [1.29, 1.82) is 0 Å². The van der Waals surface area contributed by atoms with Gasteiger partial charge in [0.1, 0.15) is 10.8 Å². The van der Waals surface area contributed by atoms with Crippen LogP contribution in [0.1, 0.15) is 32.6 Å². The summed E-state index contributed by atoms with van der Waals surface area (Å²) in [6.07, 6.45) is 1.03. The molecule has 6 nitrogen and oxygen atoms in total. The largest absolute Gasteiger partial charge is 0.440 e. The van der Waals surface area contributed by atoms with E-state index in [9.17, 15) is 13.2 Å². The first-order valence-corrected chi connectivity index (χ1v) is 8.54. The first-order valence-electron chi connectivity index (χ1n) is 6.58. The van der Waals surface area contributed by atoms with E-state index in [0.717, 1.165) is 6.26 Å². The molecule has 1 heterocycles. The van der Waals surface area contributed by atoms with Crippen LogP contribution in [-0.4, -0.2) is 30.8 Å². The number of carbonyl (C=O) groups is 1. The molecule has 0 saturated carbocycles. The molecular weight excluding hydrogens is 292 g/mol. The zero-order valence-electron chi connectivity index (χ0n) is 12.4. The number of nitrogens with one attached hydrogen (secondary N) is 1. The molecule has 2 aromatic rings. The molecule has 0 aliphatic carbocycles. The molecule has 0 spiro atoms. The first kappa shape index (κ1) is 15.5. The van der Waals surface area contributed by atoms with Crippen LogP contribution >= 0.6 is 0 Å². The minimum Gasteiger partial charge on any atom is -0.440 e. The average Bonchev–Trinajstić information content (AvgIpc) is 2.79. The average molecular weight is 310 g/mol. The van der Waals surface area contributed by atoms with Gasteiger partial charge in [0.2, 0.25) is 5.91 Å². The molecule has 1 aromatic carbocycles. The van der Waals surface area contributed by atoms with Crippen molar-refractivity contribution < 1.29 is 17.6 Å². The molecule has 0 aliphatic heterocycles. The zero-order chi connectivity index (χ0) is 15.8. The Hall–Kier alpha value is -1.89. The number of aromatic nitrogens is 1. The lowest BCUT2D eigenvalue weighted by atomic mass is 10.2. The molecule has 21 heavy (non-hydrogen) atoms. The molecule has 0 aliphatic rings. The number of anilines is 1. The SMILES string of the molecule is CC(C)c1nc2cc(NC(=O)C(C)S(C)(=O)=O)ccc2o1. The number of benzene rings is 1. The van der Waals surface area contributed by atoms with Crippen molar-refractivity contribution in [2.24, 2.45) is 0 Å². The fraction of sp³-hybridized carbons (Fsp3) is 0.429.